The van der Waals surface area contributed by atoms with Crippen LogP contribution in [0.4, 0.5) is 5.69 Å². The average molecular weight is 271 g/mol. The van der Waals surface area contributed by atoms with E-state index in [4.69, 9.17) is 5.73 Å². The Labute approximate surface area is 98.0 Å². The molecule has 4 heteroatoms. The van der Waals surface area contributed by atoms with Crippen LogP contribution in [-0.4, -0.2) is 31.3 Å². The summed E-state index contributed by atoms with van der Waals surface area (Å²) >= 11 is 3.45. The van der Waals surface area contributed by atoms with Crippen molar-refractivity contribution < 1.29 is 5.11 Å². The van der Waals surface area contributed by atoms with Gasteiger partial charge in [-0.2, -0.15) is 0 Å². The first kappa shape index (κ1) is 10.9. The zero-order valence-electron chi connectivity index (χ0n) is 8.65. The molecule has 2 atom stereocenters. The quantitative estimate of drug-likeness (QED) is 0.852. The minimum atomic E-state index is -0.456. The Morgan fingerprint density at radius 2 is 2.40 bits per heavy atom. The molecule has 3 nitrogen and oxygen atoms in total. The summed E-state index contributed by atoms with van der Waals surface area (Å²) in [5, 5.41) is 9.85. The van der Waals surface area contributed by atoms with Crippen LogP contribution in [0.5, 0.6) is 0 Å². The number of halogens is 1. The molecule has 0 fully saturated rings. The Kier molecular flexibility index (Phi) is 3.00. The molecule has 2 rings (SSSR count). The Balaban J connectivity index is 2.39. The summed E-state index contributed by atoms with van der Waals surface area (Å²) in [5.74, 6) is 0.132. The minimum Gasteiger partial charge on any atom is -0.391 e. The molecule has 1 aliphatic heterocycles. The second-order valence-corrected chi connectivity index (χ2v) is 4.91. The van der Waals surface area contributed by atoms with Gasteiger partial charge in [0.05, 0.1) is 6.10 Å². The van der Waals surface area contributed by atoms with E-state index < -0.39 is 6.10 Å². The molecule has 2 unspecified atom stereocenters. The van der Waals surface area contributed by atoms with Crippen LogP contribution in [0.1, 0.15) is 11.5 Å². The third-order valence-corrected chi connectivity index (χ3v) is 3.47. The molecule has 1 aromatic carbocycles. The third-order valence-electron chi connectivity index (χ3n) is 2.98. The van der Waals surface area contributed by atoms with E-state index in [1.807, 2.05) is 13.1 Å². The van der Waals surface area contributed by atoms with Crippen LogP contribution in [-0.2, 0) is 0 Å². The summed E-state index contributed by atoms with van der Waals surface area (Å²) in [5.41, 5.74) is 7.89. The molecule has 0 spiro atoms. The summed E-state index contributed by atoms with van der Waals surface area (Å²) in [6, 6.07) is 6.16. The lowest BCUT2D eigenvalue weighted by molar-refractivity contribution is 0.156. The molecule has 0 saturated carbocycles. The Morgan fingerprint density at radius 3 is 3.07 bits per heavy atom. The van der Waals surface area contributed by atoms with E-state index >= 15 is 0 Å². The van der Waals surface area contributed by atoms with Gasteiger partial charge in [-0.25, -0.2) is 0 Å². The van der Waals surface area contributed by atoms with Gasteiger partial charge < -0.3 is 15.7 Å². The van der Waals surface area contributed by atoms with Crippen LogP contribution in [0.15, 0.2) is 22.7 Å². The van der Waals surface area contributed by atoms with Crippen molar-refractivity contribution in [1.82, 2.24) is 0 Å². The maximum absolute atomic E-state index is 9.85. The number of aliphatic hydroxyl groups is 1. The standard InChI is InChI=1S/C11H15BrN2O/c1-14-6-9(11(15)5-13)8-4-7(12)2-3-10(8)14/h2-4,9,11,15H,5-6,13H2,1H3. The largest absolute Gasteiger partial charge is 0.391 e. The monoisotopic (exact) mass is 270 g/mol. The van der Waals surface area contributed by atoms with E-state index in [2.05, 4.69) is 33.0 Å². The number of hydrogen-bond donors (Lipinski definition) is 2. The second kappa shape index (κ2) is 4.12. The number of rotatable bonds is 2. The first-order valence-electron chi connectivity index (χ1n) is 5.02. The highest BCUT2D eigenvalue weighted by molar-refractivity contribution is 9.10. The molecule has 3 N–H and O–H groups in total. The van der Waals surface area contributed by atoms with E-state index in [-0.39, 0.29) is 5.92 Å². The predicted octanol–water partition coefficient (Wildman–Crippen LogP) is 1.30. The highest BCUT2D eigenvalue weighted by Gasteiger charge is 2.31. The predicted molar refractivity (Wildman–Crippen MR) is 65.2 cm³/mol. The average Bonchev–Trinajstić information content (AvgIpc) is 2.54. The fraction of sp³-hybridized carbons (Fsp3) is 0.455. The van der Waals surface area contributed by atoms with Gasteiger partial charge in [0.15, 0.2) is 0 Å². The van der Waals surface area contributed by atoms with Crippen LogP contribution in [0.3, 0.4) is 0 Å². The molecule has 0 radical (unpaired) electrons. The maximum atomic E-state index is 9.85. The zero-order chi connectivity index (χ0) is 11.0. The maximum Gasteiger partial charge on any atom is 0.0748 e. The zero-order valence-corrected chi connectivity index (χ0v) is 10.2. The number of hydrogen-bond acceptors (Lipinski definition) is 3. The Morgan fingerprint density at radius 1 is 1.67 bits per heavy atom. The number of fused-ring (bicyclic) bond motifs is 1. The van der Waals surface area contributed by atoms with Crippen LogP contribution >= 0.6 is 15.9 Å². The van der Waals surface area contributed by atoms with Crippen LogP contribution < -0.4 is 10.6 Å². The molecule has 15 heavy (non-hydrogen) atoms. The first-order chi connectivity index (χ1) is 7.13. The van der Waals surface area contributed by atoms with Gasteiger partial charge in [-0.1, -0.05) is 15.9 Å². The summed E-state index contributed by atoms with van der Waals surface area (Å²) in [7, 11) is 2.04. The fourth-order valence-electron chi connectivity index (χ4n) is 2.15. The van der Waals surface area contributed by atoms with Gasteiger partial charge in [0, 0.05) is 36.2 Å². The SMILES string of the molecule is CN1CC(C(O)CN)c2cc(Br)ccc21. The van der Waals surface area contributed by atoms with Crippen LogP contribution in [0, 0.1) is 0 Å². The molecule has 0 bridgehead atoms. The Bertz CT molecular complexity index is 370. The molecule has 0 saturated heterocycles. The fourth-order valence-corrected chi connectivity index (χ4v) is 2.53. The Hall–Kier alpha value is -0.580. The molecule has 0 aromatic heterocycles. The summed E-state index contributed by atoms with van der Waals surface area (Å²) < 4.78 is 1.05. The highest BCUT2D eigenvalue weighted by atomic mass is 79.9. The minimum absolute atomic E-state index is 0.132. The molecule has 0 amide bonds. The van der Waals surface area contributed by atoms with Crippen molar-refractivity contribution in [3.63, 3.8) is 0 Å². The van der Waals surface area contributed by atoms with Crippen LogP contribution in [0.25, 0.3) is 0 Å². The number of aliphatic hydroxyl groups excluding tert-OH is 1. The summed E-state index contributed by atoms with van der Waals surface area (Å²) in [6.07, 6.45) is -0.456. The molecule has 0 aliphatic carbocycles. The van der Waals surface area contributed by atoms with Crippen LogP contribution in [0.2, 0.25) is 0 Å². The molecule has 1 heterocycles. The van der Waals surface area contributed by atoms with Crippen molar-refractivity contribution in [2.75, 3.05) is 25.0 Å². The van der Waals surface area contributed by atoms with Gasteiger partial charge in [-0.05, 0) is 23.8 Å². The van der Waals surface area contributed by atoms with Crippen molar-refractivity contribution in [3.05, 3.63) is 28.2 Å². The summed E-state index contributed by atoms with van der Waals surface area (Å²) in [4.78, 5) is 2.16. The van der Waals surface area contributed by atoms with E-state index in [1.165, 1.54) is 11.3 Å². The lowest BCUT2D eigenvalue weighted by atomic mass is 9.95. The van der Waals surface area contributed by atoms with Crippen molar-refractivity contribution in [1.29, 1.82) is 0 Å². The number of nitrogens with two attached hydrogens (primary N) is 1. The number of likely N-dealkylation sites (N-methyl/N-ethyl adjacent to an activating group) is 1. The third kappa shape index (κ3) is 1.89. The molecule has 82 valence electrons. The van der Waals surface area contributed by atoms with Gasteiger partial charge in [-0.15, -0.1) is 0 Å². The van der Waals surface area contributed by atoms with Gasteiger partial charge in [0.2, 0.25) is 0 Å². The summed E-state index contributed by atoms with van der Waals surface area (Å²) in [6.45, 7) is 1.15. The molecular formula is C11H15BrN2O. The van der Waals surface area contributed by atoms with Gasteiger partial charge >= 0.3 is 0 Å². The molecule has 1 aromatic rings. The van der Waals surface area contributed by atoms with Crippen molar-refractivity contribution in [2.24, 2.45) is 5.73 Å². The normalized spacial score (nSPS) is 21.6. The highest BCUT2D eigenvalue weighted by Crippen LogP contribution is 2.38. The lowest BCUT2D eigenvalue weighted by Gasteiger charge is -2.17. The van der Waals surface area contributed by atoms with E-state index in [0.29, 0.717) is 6.54 Å². The first-order valence-corrected chi connectivity index (χ1v) is 5.81. The molecular weight excluding hydrogens is 256 g/mol. The van der Waals surface area contributed by atoms with Gasteiger partial charge in [0.1, 0.15) is 0 Å². The van der Waals surface area contributed by atoms with E-state index in [9.17, 15) is 5.11 Å². The lowest BCUT2D eigenvalue weighted by Crippen LogP contribution is -2.30. The van der Waals surface area contributed by atoms with Crippen molar-refractivity contribution in [3.8, 4) is 0 Å². The smallest absolute Gasteiger partial charge is 0.0748 e. The van der Waals surface area contributed by atoms with Crippen molar-refractivity contribution in [2.45, 2.75) is 12.0 Å². The van der Waals surface area contributed by atoms with Gasteiger partial charge in [-0.3, -0.25) is 0 Å². The second-order valence-electron chi connectivity index (χ2n) is 3.99. The van der Waals surface area contributed by atoms with Crippen molar-refractivity contribution >= 4 is 21.6 Å². The number of nitrogens with zero attached hydrogens (tertiary/aromatic N) is 1. The van der Waals surface area contributed by atoms with E-state index in [1.54, 1.807) is 0 Å². The molecule has 1 aliphatic rings. The van der Waals surface area contributed by atoms with E-state index in [0.717, 1.165) is 11.0 Å². The van der Waals surface area contributed by atoms with Gasteiger partial charge in [0.25, 0.3) is 0 Å². The number of anilines is 1. The topological polar surface area (TPSA) is 49.5 Å². The number of benzene rings is 1.